The summed E-state index contributed by atoms with van der Waals surface area (Å²) < 4.78 is 14.2. The summed E-state index contributed by atoms with van der Waals surface area (Å²) in [6, 6.07) is 7.75. The number of halogens is 1. The molecule has 0 saturated heterocycles. The zero-order valence-electron chi connectivity index (χ0n) is 11.0. The number of rotatable bonds is 5. The van der Waals surface area contributed by atoms with Crippen molar-refractivity contribution in [2.75, 3.05) is 6.61 Å². The molecular formula is C14H13FN4O2. The maximum absolute atomic E-state index is 12.8. The van der Waals surface area contributed by atoms with Crippen LogP contribution in [0.25, 0.3) is 12.2 Å². The minimum Gasteiger partial charge on any atom is -0.394 e. The first-order valence-electron chi connectivity index (χ1n) is 6.20. The standard InChI is InChI=1S/C14H13FN4O2/c15-11-4-1-10(2-5-11)3-6-14-13(7-16)17-18-19(14)8-12(21)9-20/h1-6,12,20-21H,8-9H2/b6-3+. The molecule has 2 aromatic rings. The van der Waals surface area contributed by atoms with Gasteiger partial charge in [-0.2, -0.15) is 5.26 Å². The highest BCUT2D eigenvalue weighted by Crippen LogP contribution is 2.12. The van der Waals surface area contributed by atoms with Crippen molar-refractivity contribution in [2.45, 2.75) is 12.6 Å². The number of aliphatic hydroxyl groups is 2. The Morgan fingerprint density at radius 3 is 2.67 bits per heavy atom. The second-order valence-electron chi connectivity index (χ2n) is 4.34. The van der Waals surface area contributed by atoms with E-state index >= 15 is 0 Å². The fourth-order valence-electron chi connectivity index (χ4n) is 1.71. The summed E-state index contributed by atoms with van der Waals surface area (Å²) in [6.45, 7) is -0.392. The van der Waals surface area contributed by atoms with Crippen molar-refractivity contribution in [3.8, 4) is 6.07 Å². The minimum atomic E-state index is -0.990. The van der Waals surface area contributed by atoms with Crippen LogP contribution >= 0.6 is 0 Å². The van der Waals surface area contributed by atoms with Crippen LogP contribution in [-0.4, -0.2) is 37.9 Å². The maximum Gasteiger partial charge on any atom is 0.190 e. The van der Waals surface area contributed by atoms with Gasteiger partial charge in [-0.15, -0.1) is 5.10 Å². The molecule has 0 amide bonds. The first kappa shape index (κ1) is 14.8. The van der Waals surface area contributed by atoms with Crippen LogP contribution in [0.3, 0.4) is 0 Å². The van der Waals surface area contributed by atoms with Crippen LogP contribution in [0.2, 0.25) is 0 Å². The maximum atomic E-state index is 12.8. The predicted molar refractivity (Wildman–Crippen MR) is 73.2 cm³/mol. The molecule has 1 unspecified atom stereocenters. The van der Waals surface area contributed by atoms with Crippen molar-refractivity contribution in [3.63, 3.8) is 0 Å². The number of nitrogens with zero attached hydrogens (tertiary/aromatic N) is 4. The molecule has 0 saturated carbocycles. The van der Waals surface area contributed by atoms with E-state index in [-0.39, 0.29) is 18.1 Å². The quantitative estimate of drug-likeness (QED) is 0.849. The van der Waals surface area contributed by atoms with E-state index < -0.39 is 12.7 Å². The summed E-state index contributed by atoms with van der Waals surface area (Å²) >= 11 is 0. The van der Waals surface area contributed by atoms with Crippen molar-refractivity contribution >= 4 is 12.2 Å². The lowest BCUT2D eigenvalue weighted by Crippen LogP contribution is -2.21. The van der Waals surface area contributed by atoms with Gasteiger partial charge in [-0.25, -0.2) is 9.07 Å². The normalized spacial score (nSPS) is 12.5. The van der Waals surface area contributed by atoms with Crippen LogP contribution in [0.1, 0.15) is 17.0 Å². The number of hydrogen-bond acceptors (Lipinski definition) is 5. The summed E-state index contributed by atoms with van der Waals surface area (Å²) in [7, 11) is 0. The average Bonchev–Trinajstić information content (AvgIpc) is 2.88. The fraction of sp³-hybridized carbons (Fsp3) is 0.214. The lowest BCUT2D eigenvalue weighted by atomic mass is 10.2. The smallest absolute Gasteiger partial charge is 0.190 e. The van der Waals surface area contributed by atoms with E-state index in [1.165, 1.54) is 16.8 Å². The van der Waals surface area contributed by atoms with Crippen LogP contribution in [0, 0.1) is 17.1 Å². The van der Waals surface area contributed by atoms with Gasteiger partial charge in [-0.3, -0.25) is 0 Å². The van der Waals surface area contributed by atoms with Crippen molar-refractivity contribution < 1.29 is 14.6 Å². The SMILES string of the molecule is N#Cc1nnn(CC(O)CO)c1/C=C/c1ccc(F)cc1. The molecule has 2 rings (SSSR count). The van der Waals surface area contributed by atoms with E-state index in [0.717, 1.165) is 5.56 Å². The molecule has 0 aliphatic carbocycles. The van der Waals surface area contributed by atoms with Crippen molar-refractivity contribution in [1.82, 2.24) is 15.0 Å². The molecule has 1 aromatic carbocycles. The number of aromatic nitrogens is 3. The first-order chi connectivity index (χ1) is 10.1. The Bertz CT molecular complexity index is 673. The van der Waals surface area contributed by atoms with Gasteiger partial charge in [0, 0.05) is 0 Å². The highest BCUT2D eigenvalue weighted by molar-refractivity contribution is 5.69. The molecule has 7 heteroatoms. The second-order valence-corrected chi connectivity index (χ2v) is 4.34. The van der Waals surface area contributed by atoms with Crippen LogP contribution in [0.15, 0.2) is 24.3 Å². The lowest BCUT2D eigenvalue weighted by molar-refractivity contribution is 0.0776. The summed E-state index contributed by atoms with van der Waals surface area (Å²) in [5.74, 6) is -0.331. The molecule has 0 radical (unpaired) electrons. The minimum absolute atomic E-state index is 0.0221. The topological polar surface area (TPSA) is 95.0 Å². The largest absolute Gasteiger partial charge is 0.394 e. The van der Waals surface area contributed by atoms with E-state index in [1.807, 2.05) is 6.07 Å². The van der Waals surface area contributed by atoms with Gasteiger partial charge in [0.25, 0.3) is 0 Å². The molecular weight excluding hydrogens is 275 g/mol. The Hall–Kier alpha value is -2.56. The Balaban J connectivity index is 2.27. The predicted octanol–water partition coefficient (Wildman–Crippen LogP) is 0.812. The molecule has 0 fully saturated rings. The number of aliphatic hydroxyl groups excluding tert-OH is 2. The summed E-state index contributed by atoms with van der Waals surface area (Å²) in [4.78, 5) is 0. The van der Waals surface area contributed by atoms with Gasteiger partial charge < -0.3 is 10.2 Å². The van der Waals surface area contributed by atoms with Gasteiger partial charge in [0.05, 0.1) is 24.9 Å². The highest BCUT2D eigenvalue weighted by Gasteiger charge is 2.12. The number of benzene rings is 1. The van der Waals surface area contributed by atoms with Crippen LogP contribution in [0.5, 0.6) is 0 Å². The average molecular weight is 288 g/mol. The molecule has 21 heavy (non-hydrogen) atoms. The Morgan fingerprint density at radius 2 is 2.05 bits per heavy atom. The second kappa shape index (κ2) is 6.74. The molecule has 0 bridgehead atoms. The van der Waals surface area contributed by atoms with Crippen molar-refractivity contribution in [2.24, 2.45) is 0 Å². The van der Waals surface area contributed by atoms with E-state index in [1.54, 1.807) is 24.3 Å². The van der Waals surface area contributed by atoms with E-state index in [9.17, 15) is 9.50 Å². The lowest BCUT2D eigenvalue weighted by Gasteiger charge is -2.07. The molecule has 0 aliphatic rings. The zero-order chi connectivity index (χ0) is 15.2. The van der Waals surface area contributed by atoms with Gasteiger partial charge in [0.15, 0.2) is 5.69 Å². The van der Waals surface area contributed by atoms with E-state index in [0.29, 0.717) is 5.69 Å². The number of nitriles is 1. The highest BCUT2D eigenvalue weighted by atomic mass is 19.1. The molecule has 0 aliphatic heterocycles. The Kier molecular flexibility index (Phi) is 4.77. The molecule has 1 aromatic heterocycles. The van der Waals surface area contributed by atoms with Gasteiger partial charge in [0.1, 0.15) is 11.9 Å². The molecule has 0 spiro atoms. The molecule has 1 atom stereocenters. The number of hydrogen-bond donors (Lipinski definition) is 2. The van der Waals surface area contributed by atoms with E-state index in [4.69, 9.17) is 10.4 Å². The molecule has 1 heterocycles. The van der Waals surface area contributed by atoms with Crippen molar-refractivity contribution in [3.05, 3.63) is 47.0 Å². The van der Waals surface area contributed by atoms with Gasteiger partial charge in [-0.1, -0.05) is 23.4 Å². The first-order valence-corrected chi connectivity index (χ1v) is 6.20. The third kappa shape index (κ3) is 3.72. The van der Waals surface area contributed by atoms with Crippen LogP contribution in [0.4, 0.5) is 4.39 Å². The molecule has 6 nitrogen and oxygen atoms in total. The molecule has 2 N–H and O–H groups in total. The monoisotopic (exact) mass is 288 g/mol. The summed E-state index contributed by atoms with van der Waals surface area (Å²) in [5.41, 5.74) is 1.27. The summed E-state index contributed by atoms with van der Waals surface area (Å²) in [6.07, 6.45) is 2.30. The Labute approximate surface area is 120 Å². The molecule has 108 valence electrons. The van der Waals surface area contributed by atoms with Crippen LogP contribution in [-0.2, 0) is 6.54 Å². The Morgan fingerprint density at radius 1 is 1.33 bits per heavy atom. The van der Waals surface area contributed by atoms with Gasteiger partial charge in [0.2, 0.25) is 0 Å². The third-order valence-electron chi connectivity index (χ3n) is 2.78. The zero-order valence-corrected chi connectivity index (χ0v) is 11.0. The van der Waals surface area contributed by atoms with Gasteiger partial charge >= 0.3 is 0 Å². The van der Waals surface area contributed by atoms with Gasteiger partial charge in [-0.05, 0) is 23.8 Å². The van der Waals surface area contributed by atoms with E-state index in [2.05, 4.69) is 10.3 Å². The third-order valence-corrected chi connectivity index (χ3v) is 2.78. The summed E-state index contributed by atoms with van der Waals surface area (Å²) in [5, 5.41) is 34.8. The fourth-order valence-corrected chi connectivity index (χ4v) is 1.71. The van der Waals surface area contributed by atoms with Crippen LogP contribution < -0.4 is 0 Å². The van der Waals surface area contributed by atoms with Crippen molar-refractivity contribution in [1.29, 1.82) is 5.26 Å².